The van der Waals surface area contributed by atoms with Crippen LogP contribution in [0, 0.1) is 0 Å². The summed E-state index contributed by atoms with van der Waals surface area (Å²) in [6.07, 6.45) is 3.67. The van der Waals surface area contributed by atoms with Gasteiger partial charge in [-0.25, -0.2) is 4.98 Å². The highest BCUT2D eigenvalue weighted by atomic mass is 16.4. The Kier molecular flexibility index (Phi) is 2.25. The molecule has 0 saturated carbocycles. The highest BCUT2D eigenvalue weighted by molar-refractivity contribution is 5.75. The number of hydrogen-bond donors (Lipinski definition) is 2. The molecular formula is C7H10N2O2. The molecule has 0 spiro atoms. The van der Waals surface area contributed by atoms with Gasteiger partial charge in [0.05, 0.1) is 12.0 Å². The van der Waals surface area contributed by atoms with Gasteiger partial charge in [-0.15, -0.1) is 0 Å². The van der Waals surface area contributed by atoms with E-state index in [-0.39, 0.29) is 0 Å². The van der Waals surface area contributed by atoms with E-state index >= 15 is 0 Å². The summed E-state index contributed by atoms with van der Waals surface area (Å²) in [6, 6.07) is 0. The van der Waals surface area contributed by atoms with Crippen molar-refractivity contribution in [1.29, 1.82) is 0 Å². The van der Waals surface area contributed by atoms with Gasteiger partial charge in [-0.2, -0.15) is 0 Å². The molecule has 0 aliphatic heterocycles. The van der Waals surface area contributed by atoms with Crippen LogP contribution in [0.5, 0.6) is 0 Å². The Morgan fingerprint density at radius 1 is 1.91 bits per heavy atom. The monoisotopic (exact) mass is 154 g/mol. The number of aromatic nitrogens is 2. The average molecular weight is 154 g/mol. The molecule has 1 rings (SSSR count). The van der Waals surface area contributed by atoms with Crippen LogP contribution in [-0.4, -0.2) is 21.0 Å². The standard InChI is InChI=1S/C7H10N2O2/c1-2-5(7(10)11)6-3-8-4-9-6/h3-5H,2H2,1H3,(H,8,9)(H,10,11). The summed E-state index contributed by atoms with van der Waals surface area (Å²) in [5.74, 6) is -1.29. The van der Waals surface area contributed by atoms with Crippen LogP contribution >= 0.6 is 0 Å². The summed E-state index contributed by atoms with van der Waals surface area (Å²) in [4.78, 5) is 17.2. The minimum atomic E-state index is -0.820. The number of carboxylic acid groups (broad SMARTS) is 1. The van der Waals surface area contributed by atoms with Gasteiger partial charge < -0.3 is 10.1 Å². The average Bonchev–Trinajstić information content (AvgIpc) is 2.40. The number of nitrogens with zero attached hydrogens (tertiary/aromatic N) is 1. The SMILES string of the molecule is CCC(C(=O)O)c1c[nH]cn1. The maximum atomic E-state index is 10.6. The van der Waals surface area contributed by atoms with E-state index in [4.69, 9.17) is 5.11 Å². The summed E-state index contributed by atoms with van der Waals surface area (Å²) < 4.78 is 0. The molecule has 0 fully saturated rings. The number of hydrogen-bond acceptors (Lipinski definition) is 2. The molecule has 11 heavy (non-hydrogen) atoms. The molecule has 4 heteroatoms. The van der Waals surface area contributed by atoms with Crippen molar-refractivity contribution in [2.45, 2.75) is 19.3 Å². The van der Waals surface area contributed by atoms with E-state index in [0.29, 0.717) is 12.1 Å². The minimum Gasteiger partial charge on any atom is -0.481 e. The van der Waals surface area contributed by atoms with Crippen LogP contribution in [0.25, 0.3) is 0 Å². The van der Waals surface area contributed by atoms with E-state index < -0.39 is 11.9 Å². The summed E-state index contributed by atoms with van der Waals surface area (Å²) in [6.45, 7) is 1.83. The Morgan fingerprint density at radius 3 is 3.00 bits per heavy atom. The Bertz CT molecular complexity index is 231. The highest BCUT2D eigenvalue weighted by Gasteiger charge is 2.18. The number of rotatable bonds is 3. The number of H-pyrrole nitrogens is 1. The van der Waals surface area contributed by atoms with Crippen LogP contribution in [0.2, 0.25) is 0 Å². The fourth-order valence-electron chi connectivity index (χ4n) is 0.973. The van der Waals surface area contributed by atoms with Gasteiger partial charge in [0.1, 0.15) is 5.92 Å². The third-order valence-electron chi connectivity index (χ3n) is 1.58. The van der Waals surface area contributed by atoms with Crippen LogP contribution < -0.4 is 0 Å². The highest BCUT2D eigenvalue weighted by Crippen LogP contribution is 2.15. The molecule has 0 amide bonds. The smallest absolute Gasteiger partial charge is 0.312 e. The Morgan fingerprint density at radius 2 is 2.64 bits per heavy atom. The van der Waals surface area contributed by atoms with Gasteiger partial charge in [0, 0.05) is 6.20 Å². The topological polar surface area (TPSA) is 66.0 Å². The lowest BCUT2D eigenvalue weighted by Gasteiger charge is -2.03. The lowest BCUT2D eigenvalue weighted by Crippen LogP contribution is -2.10. The van der Waals surface area contributed by atoms with Crippen LogP contribution in [-0.2, 0) is 4.79 Å². The van der Waals surface area contributed by atoms with Gasteiger partial charge in [0.15, 0.2) is 0 Å². The van der Waals surface area contributed by atoms with E-state index in [2.05, 4.69) is 9.97 Å². The number of aliphatic carboxylic acids is 1. The molecule has 1 unspecified atom stereocenters. The molecular weight excluding hydrogens is 144 g/mol. The van der Waals surface area contributed by atoms with Crippen molar-refractivity contribution in [2.75, 3.05) is 0 Å². The van der Waals surface area contributed by atoms with Gasteiger partial charge in [0.2, 0.25) is 0 Å². The second kappa shape index (κ2) is 3.18. The number of nitrogens with one attached hydrogen (secondary N) is 1. The molecule has 60 valence electrons. The maximum Gasteiger partial charge on any atom is 0.312 e. The minimum absolute atomic E-state index is 0.471. The fourth-order valence-corrected chi connectivity index (χ4v) is 0.973. The van der Waals surface area contributed by atoms with Gasteiger partial charge >= 0.3 is 5.97 Å². The zero-order valence-corrected chi connectivity index (χ0v) is 6.24. The fraction of sp³-hybridized carbons (Fsp3) is 0.429. The quantitative estimate of drug-likeness (QED) is 0.682. The van der Waals surface area contributed by atoms with E-state index in [1.165, 1.54) is 6.33 Å². The summed E-state index contributed by atoms with van der Waals surface area (Å²) >= 11 is 0. The van der Waals surface area contributed by atoms with Crippen molar-refractivity contribution in [3.63, 3.8) is 0 Å². The summed E-state index contributed by atoms with van der Waals surface area (Å²) in [5, 5.41) is 8.69. The van der Waals surface area contributed by atoms with Gasteiger partial charge in [-0.05, 0) is 6.42 Å². The zero-order valence-electron chi connectivity index (χ0n) is 6.24. The summed E-state index contributed by atoms with van der Waals surface area (Å²) in [7, 11) is 0. The first-order valence-electron chi connectivity index (χ1n) is 3.47. The number of carboxylic acids is 1. The van der Waals surface area contributed by atoms with Gasteiger partial charge in [-0.3, -0.25) is 4.79 Å². The van der Waals surface area contributed by atoms with Crippen molar-refractivity contribution >= 4 is 5.97 Å². The van der Waals surface area contributed by atoms with Crippen LogP contribution in [0.1, 0.15) is 25.0 Å². The number of imidazole rings is 1. The van der Waals surface area contributed by atoms with E-state index in [9.17, 15) is 4.79 Å². The first kappa shape index (κ1) is 7.78. The lowest BCUT2D eigenvalue weighted by molar-refractivity contribution is -0.138. The molecule has 0 saturated heterocycles. The van der Waals surface area contributed by atoms with E-state index in [1.54, 1.807) is 6.20 Å². The number of aromatic amines is 1. The Labute approximate surface area is 64.3 Å². The maximum absolute atomic E-state index is 10.6. The van der Waals surface area contributed by atoms with Crippen LogP contribution in [0.15, 0.2) is 12.5 Å². The van der Waals surface area contributed by atoms with Crippen molar-refractivity contribution in [2.24, 2.45) is 0 Å². The molecule has 0 aliphatic carbocycles. The third-order valence-corrected chi connectivity index (χ3v) is 1.58. The second-order valence-electron chi connectivity index (χ2n) is 2.29. The molecule has 1 heterocycles. The lowest BCUT2D eigenvalue weighted by atomic mass is 10.0. The summed E-state index contributed by atoms with van der Waals surface area (Å²) in [5.41, 5.74) is 0.597. The largest absolute Gasteiger partial charge is 0.481 e. The third kappa shape index (κ3) is 1.58. The van der Waals surface area contributed by atoms with Crippen molar-refractivity contribution < 1.29 is 9.90 Å². The molecule has 2 N–H and O–H groups in total. The van der Waals surface area contributed by atoms with Crippen LogP contribution in [0.3, 0.4) is 0 Å². The molecule has 0 aliphatic rings. The van der Waals surface area contributed by atoms with E-state index in [1.807, 2.05) is 6.92 Å². The molecule has 1 aromatic heterocycles. The van der Waals surface area contributed by atoms with Crippen molar-refractivity contribution in [3.8, 4) is 0 Å². The molecule has 1 aromatic rings. The Balaban J connectivity index is 2.79. The number of carbonyl (C=O) groups is 1. The van der Waals surface area contributed by atoms with E-state index in [0.717, 1.165) is 0 Å². The predicted octanol–water partition coefficient (Wildman–Crippen LogP) is 0.988. The van der Waals surface area contributed by atoms with Crippen molar-refractivity contribution in [1.82, 2.24) is 9.97 Å². The molecule has 0 bridgehead atoms. The molecule has 0 radical (unpaired) electrons. The Hall–Kier alpha value is -1.32. The molecule has 1 atom stereocenters. The zero-order chi connectivity index (χ0) is 8.27. The molecule has 0 aromatic carbocycles. The predicted molar refractivity (Wildman–Crippen MR) is 39.3 cm³/mol. The van der Waals surface area contributed by atoms with Crippen LogP contribution in [0.4, 0.5) is 0 Å². The first-order chi connectivity index (χ1) is 5.25. The molecule has 4 nitrogen and oxygen atoms in total. The second-order valence-corrected chi connectivity index (χ2v) is 2.29. The first-order valence-corrected chi connectivity index (χ1v) is 3.47. The van der Waals surface area contributed by atoms with Gasteiger partial charge in [0.25, 0.3) is 0 Å². The van der Waals surface area contributed by atoms with Gasteiger partial charge in [-0.1, -0.05) is 6.92 Å². The normalized spacial score (nSPS) is 12.8. The van der Waals surface area contributed by atoms with Crippen molar-refractivity contribution in [3.05, 3.63) is 18.2 Å².